The van der Waals surface area contributed by atoms with E-state index in [1.807, 2.05) is 19.1 Å². The van der Waals surface area contributed by atoms with Gasteiger partial charge >= 0.3 is 0 Å². The monoisotopic (exact) mass is 363 g/mol. The first kappa shape index (κ1) is 18.5. The zero-order valence-electron chi connectivity index (χ0n) is 15.3. The maximum atomic E-state index is 12.7. The smallest absolute Gasteiger partial charge is 0.295 e. The molecule has 0 bridgehead atoms. The number of Topliss-reactive ketones (excluding diaryl/α,β-unsaturated/α-hetero) is 1. The van der Waals surface area contributed by atoms with Gasteiger partial charge in [-0.1, -0.05) is 48.0 Å². The van der Waals surface area contributed by atoms with Gasteiger partial charge in [0.15, 0.2) is 0 Å². The second-order valence-electron chi connectivity index (χ2n) is 6.38. The minimum atomic E-state index is -0.698. The van der Waals surface area contributed by atoms with Gasteiger partial charge in [-0.15, -0.1) is 6.58 Å². The minimum Gasteiger partial charge on any atom is -0.507 e. The molecule has 1 atom stereocenters. The highest BCUT2D eigenvalue weighted by molar-refractivity contribution is 6.46. The quantitative estimate of drug-likeness (QED) is 0.381. The van der Waals surface area contributed by atoms with Crippen LogP contribution < -0.4 is 4.74 Å². The van der Waals surface area contributed by atoms with Gasteiger partial charge in [-0.05, 0) is 24.6 Å². The molecule has 2 aromatic carbocycles. The average Bonchev–Trinajstić information content (AvgIpc) is 2.93. The Morgan fingerprint density at radius 1 is 1.15 bits per heavy atom. The molecule has 1 saturated heterocycles. The molecule has 0 aliphatic carbocycles. The lowest BCUT2D eigenvalue weighted by Crippen LogP contribution is -2.29. The van der Waals surface area contributed by atoms with Crippen molar-refractivity contribution in [3.63, 3.8) is 0 Å². The zero-order chi connectivity index (χ0) is 19.6. The van der Waals surface area contributed by atoms with E-state index in [-0.39, 0.29) is 17.9 Å². The average molecular weight is 363 g/mol. The summed E-state index contributed by atoms with van der Waals surface area (Å²) in [4.78, 5) is 26.7. The second kappa shape index (κ2) is 7.50. The lowest BCUT2D eigenvalue weighted by Gasteiger charge is -2.24. The third-order valence-electron chi connectivity index (χ3n) is 4.62. The molecule has 1 heterocycles. The van der Waals surface area contributed by atoms with Gasteiger partial charge in [-0.3, -0.25) is 9.59 Å². The highest BCUT2D eigenvalue weighted by atomic mass is 16.5. The number of benzene rings is 2. The lowest BCUT2D eigenvalue weighted by atomic mass is 9.95. The standard InChI is InChI=1S/C22H21NO4/c1-4-13-23-19(15-9-11-17(27-3)12-10-15)18(21(25)22(23)26)20(24)16-7-5-14(2)6-8-16/h4-12,19,24H,1,13H2,2-3H3/t19-/m1/s1. The number of amides is 1. The number of hydrogen-bond acceptors (Lipinski definition) is 4. The van der Waals surface area contributed by atoms with Crippen LogP contribution in [-0.2, 0) is 9.59 Å². The lowest BCUT2D eigenvalue weighted by molar-refractivity contribution is -0.139. The first-order chi connectivity index (χ1) is 13.0. The van der Waals surface area contributed by atoms with Crippen molar-refractivity contribution in [1.82, 2.24) is 4.90 Å². The summed E-state index contributed by atoms with van der Waals surface area (Å²) >= 11 is 0. The van der Waals surface area contributed by atoms with Gasteiger partial charge in [-0.2, -0.15) is 0 Å². The second-order valence-corrected chi connectivity index (χ2v) is 6.38. The largest absolute Gasteiger partial charge is 0.507 e. The number of carbonyl (C=O) groups excluding carboxylic acids is 2. The molecular weight excluding hydrogens is 342 g/mol. The molecule has 5 heteroatoms. The Labute approximate surface area is 158 Å². The van der Waals surface area contributed by atoms with Gasteiger partial charge in [0.1, 0.15) is 11.5 Å². The van der Waals surface area contributed by atoms with E-state index in [9.17, 15) is 14.7 Å². The molecular formula is C22H21NO4. The number of ketones is 1. The predicted molar refractivity (Wildman–Crippen MR) is 103 cm³/mol. The third kappa shape index (κ3) is 3.36. The van der Waals surface area contributed by atoms with Gasteiger partial charge in [-0.25, -0.2) is 0 Å². The molecule has 1 aliphatic heterocycles. The first-order valence-corrected chi connectivity index (χ1v) is 8.58. The van der Waals surface area contributed by atoms with Crippen molar-refractivity contribution in [2.24, 2.45) is 0 Å². The molecule has 27 heavy (non-hydrogen) atoms. The Morgan fingerprint density at radius 2 is 1.78 bits per heavy atom. The highest BCUT2D eigenvalue weighted by Crippen LogP contribution is 2.39. The molecule has 1 N–H and O–H groups in total. The summed E-state index contributed by atoms with van der Waals surface area (Å²) in [5.74, 6) is -0.862. The van der Waals surface area contributed by atoms with E-state index in [1.54, 1.807) is 49.6 Å². The summed E-state index contributed by atoms with van der Waals surface area (Å²) in [6.07, 6.45) is 1.56. The maximum absolute atomic E-state index is 12.7. The summed E-state index contributed by atoms with van der Waals surface area (Å²) < 4.78 is 5.18. The molecule has 0 spiro atoms. The fraction of sp³-hybridized carbons (Fsp3) is 0.182. The Balaban J connectivity index is 2.16. The number of aryl methyl sites for hydroxylation is 1. The number of hydrogen-bond donors (Lipinski definition) is 1. The number of nitrogens with zero attached hydrogens (tertiary/aromatic N) is 1. The van der Waals surface area contributed by atoms with Crippen molar-refractivity contribution in [3.05, 3.63) is 83.4 Å². The summed E-state index contributed by atoms with van der Waals surface area (Å²) in [6.45, 7) is 5.81. The predicted octanol–water partition coefficient (Wildman–Crippen LogP) is 3.61. The van der Waals surface area contributed by atoms with Crippen LogP contribution >= 0.6 is 0 Å². The molecule has 0 unspecified atom stereocenters. The summed E-state index contributed by atoms with van der Waals surface area (Å²) in [5, 5.41) is 10.8. The van der Waals surface area contributed by atoms with E-state index >= 15 is 0 Å². The van der Waals surface area contributed by atoms with Crippen LogP contribution in [-0.4, -0.2) is 35.4 Å². The number of likely N-dealkylation sites (tertiary alicyclic amines) is 1. The molecule has 1 amide bonds. The molecule has 0 radical (unpaired) electrons. The van der Waals surface area contributed by atoms with Gasteiger partial charge in [0, 0.05) is 12.1 Å². The molecule has 1 fully saturated rings. The first-order valence-electron chi connectivity index (χ1n) is 8.58. The Hall–Kier alpha value is -3.34. The summed E-state index contributed by atoms with van der Waals surface area (Å²) in [7, 11) is 1.57. The fourth-order valence-corrected chi connectivity index (χ4v) is 3.21. The van der Waals surface area contributed by atoms with Crippen molar-refractivity contribution in [1.29, 1.82) is 0 Å². The van der Waals surface area contributed by atoms with Gasteiger partial charge in [0.05, 0.1) is 18.7 Å². The maximum Gasteiger partial charge on any atom is 0.295 e. The van der Waals surface area contributed by atoms with Crippen molar-refractivity contribution >= 4 is 17.4 Å². The fourth-order valence-electron chi connectivity index (χ4n) is 3.21. The van der Waals surface area contributed by atoms with Crippen LogP contribution in [0.2, 0.25) is 0 Å². The van der Waals surface area contributed by atoms with Gasteiger partial charge in [0.25, 0.3) is 11.7 Å². The molecule has 0 aromatic heterocycles. The third-order valence-corrected chi connectivity index (χ3v) is 4.62. The van der Waals surface area contributed by atoms with E-state index in [0.717, 1.165) is 5.56 Å². The van der Waals surface area contributed by atoms with Gasteiger partial charge in [0.2, 0.25) is 0 Å². The molecule has 0 saturated carbocycles. The Morgan fingerprint density at radius 3 is 2.33 bits per heavy atom. The van der Waals surface area contributed by atoms with E-state index < -0.39 is 17.7 Å². The zero-order valence-corrected chi connectivity index (χ0v) is 15.3. The molecule has 1 aliphatic rings. The normalized spacial score (nSPS) is 18.6. The van der Waals surface area contributed by atoms with Crippen LogP contribution in [0.1, 0.15) is 22.7 Å². The Kier molecular flexibility index (Phi) is 5.12. The summed E-state index contributed by atoms with van der Waals surface area (Å²) in [6, 6.07) is 13.6. The van der Waals surface area contributed by atoms with E-state index in [1.165, 1.54) is 4.90 Å². The van der Waals surface area contributed by atoms with Crippen LogP contribution in [0.4, 0.5) is 0 Å². The molecule has 5 nitrogen and oxygen atoms in total. The van der Waals surface area contributed by atoms with E-state index in [4.69, 9.17) is 4.74 Å². The van der Waals surface area contributed by atoms with Crippen LogP contribution in [0, 0.1) is 6.92 Å². The highest BCUT2D eigenvalue weighted by Gasteiger charge is 2.45. The van der Waals surface area contributed by atoms with Crippen molar-refractivity contribution in [2.45, 2.75) is 13.0 Å². The number of carbonyl (C=O) groups is 2. The van der Waals surface area contributed by atoms with Crippen molar-refractivity contribution in [2.75, 3.05) is 13.7 Å². The van der Waals surface area contributed by atoms with Gasteiger partial charge < -0.3 is 14.7 Å². The SMILES string of the molecule is C=CCN1C(=O)C(=O)C(=C(O)c2ccc(C)cc2)[C@H]1c1ccc(OC)cc1. The van der Waals surface area contributed by atoms with Crippen LogP contribution in [0.25, 0.3) is 5.76 Å². The van der Waals surface area contributed by atoms with E-state index in [2.05, 4.69) is 6.58 Å². The van der Waals surface area contributed by atoms with Crippen molar-refractivity contribution in [3.8, 4) is 5.75 Å². The van der Waals surface area contributed by atoms with Crippen LogP contribution in [0.3, 0.4) is 0 Å². The number of aliphatic hydroxyl groups excluding tert-OH is 1. The van der Waals surface area contributed by atoms with Crippen LogP contribution in [0.5, 0.6) is 5.75 Å². The topological polar surface area (TPSA) is 66.8 Å². The van der Waals surface area contributed by atoms with Crippen molar-refractivity contribution < 1.29 is 19.4 Å². The Bertz CT molecular complexity index is 910. The minimum absolute atomic E-state index is 0.0795. The molecule has 2 aromatic rings. The van der Waals surface area contributed by atoms with Crippen LogP contribution in [0.15, 0.2) is 66.8 Å². The molecule has 3 rings (SSSR count). The number of methoxy groups -OCH3 is 1. The number of ether oxygens (including phenoxy) is 1. The molecule has 138 valence electrons. The number of rotatable bonds is 5. The number of aliphatic hydroxyl groups is 1. The summed E-state index contributed by atoms with van der Waals surface area (Å²) in [5.41, 5.74) is 2.32. The van der Waals surface area contributed by atoms with E-state index in [0.29, 0.717) is 16.9 Å².